The molecular formula is C26H28F2N4O5S. The number of hydrogen-bond donors (Lipinski definition) is 2. The number of benzene rings is 2. The molecule has 0 radical (unpaired) electrons. The first-order valence-corrected chi connectivity index (χ1v) is 14.2. The van der Waals surface area contributed by atoms with Gasteiger partial charge in [0.25, 0.3) is 5.69 Å². The molecule has 1 amide bonds. The van der Waals surface area contributed by atoms with Gasteiger partial charge in [-0.1, -0.05) is 12.1 Å². The van der Waals surface area contributed by atoms with Gasteiger partial charge in [0.2, 0.25) is 15.9 Å². The molecule has 1 fully saturated rings. The van der Waals surface area contributed by atoms with Crippen molar-refractivity contribution in [2.75, 3.05) is 6.54 Å². The number of nitrogens with one attached hydrogen (secondary N) is 2. The summed E-state index contributed by atoms with van der Waals surface area (Å²) in [7, 11) is -4.05. The van der Waals surface area contributed by atoms with Crippen LogP contribution in [0.3, 0.4) is 0 Å². The van der Waals surface area contributed by atoms with Crippen molar-refractivity contribution in [3.8, 4) is 0 Å². The lowest BCUT2D eigenvalue weighted by atomic mass is 9.79. The van der Waals surface area contributed by atoms with E-state index in [9.17, 15) is 32.1 Å². The molecule has 2 aromatic carbocycles. The predicted molar refractivity (Wildman–Crippen MR) is 135 cm³/mol. The normalized spacial score (nSPS) is 24.7. The maximum absolute atomic E-state index is 13.9. The van der Waals surface area contributed by atoms with Crippen molar-refractivity contribution in [1.82, 2.24) is 10.0 Å². The lowest BCUT2D eigenvalue weighted by Gasteiger charge is -2.28. The van der Waals surface area contributed by atoms with E-state index in [0.717, 1.165) is 23.6 Å². The third-order valence-electron chi connectivity index (χ3n) is 7.89. The van der Waals surface area contributed by atoms with Crippen LogP contribution < -0.4 is 10.0 Å². The Morgan fingerprint density at radius 3 is 2.53 bits per heavy atom. The highest BCUT2D eigenvalue weighted by molar-refractivity contribution is 7.89. The highest BCUT2D eigenvalue weighted by Crippen LogP contribution is 2.40. The standard InChI is InChI=1S/C26H28F2N4O5S/c27-20-11-17-9-10-22-19(18(17)12-21(20)28)13-25(30-22)31-26(33)16-7-5-15(6-8-16)14-29-38(36,37)24-4-2-1-3-23(24)32(34)35/h1-4,11-12,15-16,19,22,29H,5-10,13-14H2,(H,30,31,33)/t15?,16?,19-,22+/m0/s1. The number of sulfonamides is 1. The van der Waals surface area contributed by atoms with Gasteiger partial charge in [-0.05, 0) is 73.8 Å². The number of nitro groups is 1. The summed E-state index contributed by atoms with van der Waals surface area (Å²) in [6.45, 7) is 0.134. The smallest absolute Gasteiger partial charge is 0.289 e. The van der Waals surface area contributed by atoms with Crippen molar-refractivity contribution in [2.45, 2.75) is 61.8 Å². The average Bonchev–Trinajstić information content (AvgIpc) is 3.31. The number of hydrogen-bond acceptors (Lipinski definition) is 6. The first-order chi connectivity index (χ1) is 18.1. The summed E-state index contributed by atoms with van der Waals surface area (Å²) in [4.78, 5) is 27.7. The summed E-state index contributed by atoms with van der Waals surface area (Å²) >= 11 is 0. The third kappa shape index (κ3) is 5.32. The van der Waals surface area contributed by atoms with Gasteiger partial charge in [-0.25, -0.2) is 21.9 Å². The maximum atomic E-state index is 13.9. The molecule has 1 heterocycles. The summed E-state index contributed by atoms with van der Waals surface area (Å²) in [6.07, 6.45) is 4.23. The largest absolute Gasteiger partial charge is 0.314 e. The predicted octanol–water partition coefficient (Wildman–Crippen LogP) is 3.97. The SMILES string of the molecule is O=C(NC1=N[C@@H]2CCc3cc(F)c(F)cc3[C@@H]2C1)C1CCC(CNS(=O)(=O)c2ccccc2[N+](=O)[O-])CC1. The van der Waals surface area contributed by atoms with Crippen molar-refractivity contribution < 1.29 is 26.9 Å². The summed E-state index contributed by atoms with van der Waals surface area (Å²) in [6, 6.07) is 7.66. The van der Waals surface area contributed by atoms with E-state index in [2.05, 4.69) is 15.0 Å². The fourth-order valence-corrected chi connectivity index (χ4v) is 7.12. The van der Waals surface area contributed by atoms with Crippen molar-refractivity contribution in [3.63, 3.8) is 0 Å². The summed E-state index contributed by atoms with van der Waals surface area (Å²) in [5, 5.41) is 14.1. The van der Waals surface area contributed by atoms with Crippen LogP contribution in [0.4, 0.5) is 14.5 Å². The molecule has 9 nitrogen and oxygen atoms in total. The molecule has 0 spiro atoms. The minimum Gasteiger partial charge on any atom is -0.314 e. The Kier molecular flexibility index (Phi) is 7.28. The van der Waals surface area contributed by atoms with Crippen LogP contribution in [0, 0.1) is 33.6 Å². The van der Waals surface area contributed by atoms with Crippen molar-refractivity contribution in [2.24, 2.45) is 16.8 Å². The Morgan fingerprint density at radius 1 is 1.08 bits per heavy atom. The number of amidine groups is 1. The molecule has 0 saturated heterocycles. The molecule has 2 aromatic rings. The Bertz CT molecular complexity index is 1410. The van der Waals surface area contributed by atoms with E-state index in [0.29, 0.717) is 44.4 Å². The molecule has 2 aliphatic carbocycles. The summed E-state index contributed by atoms with van der Waals surface area (Å²) in [5.74, 6) is -1.58. The molecule has 2 atom stereocenters. The lowest BCUT2D eigenvalue weighted by molar-refractivity contribution is -0.387. The van der Waals surface area contributed by atoms with Crippen molar-refractivity contribution in [3.05, 3.63) is 69.3 Å². The van der Waals surface area contributed by atoms with Gasteiger partial charge in [0.05, 0.1) is 11.0 Å². The summed E-state index contributed by atoms with van der Waals surface area (Å²) < 4.78 is 55.3. The summed E-state index contributed by atoms with van der Waals surface area (Å²) in [5.41, 5.74) is 1.08. The number of halogens is 2. The number of para-hydroxylation sites is 1. The minimum atomic E-state index is -4.05. The quantitative estimate of drug-likeness (QED) is 0.418. The van der Waals surface area contributed by atoms with E-state index in [-0.39, 0.29) is 41.1 Å². The lowest BCUT2D eigenvalue weighted by Crippen LogP contribution is -2.38. The van der Waals surface area contributed by atoms with Crippen LogP contribution in [-0.4, -0.2) is 37.7 Å². The topological polar surface area (TPSA) is 131 Å². The van der Waals surface area contributed by atoms with Crippen molar-refractivity contribution in [1.29, 1.82) is 0 Å². The third-order valence-corrected chi connectivity index (χ3v) is 9.36. The Balaban J connectivity index is 1.12. The van der Waals surface area contributed by atoms with Gasteiger partial charge in [-0.2, -0.15) is 0 Å². The number of aliphatic imine (C=N–C) groups is 1. The van der Waals surface area contributed by atoms with Crippen LogP contribution in [0.25, 0.3) is 0 Å². The first-order valence-electron chi connectivity index (χ1n) is 12.7. The molecule has 202 valence electrons. The van der Waals surface area contributed by atoms with Crippen LogP contribution in [0.5, 0.6) is 0 Å². The molecule has 1 aliphatic heterocycles. The zero-order valence-electron chi connectivity index (χ0n) is 20.5. The van der Waals surface area contributed by atoms with Crippen LogP contribution in [0.15, 0.2) is 46.3 Å². The molecule has 0 aromatic heterocycles. The van der Waals surface area contributed by atoms with Gasteiger partial charge >= 0.3 is 0 Å². The van der Waals surface area contributed by atoms with Crippen LogP contribution in [0.1, 0.15) is 55.6 Å². The van der Waals surface area contributed by atoms with E-state index in [1.54, 1.807) is 0 Å². The number of fused-ring (bicyclic) bond motifs is 3. The molecule has 0 unspecified atom stereocenters. The number of carbonyl (C=O) groups excluding carboxylic acids is 1. The molecule has 12 heteroatoms. The average molecular weight is 547 g/mol. The Hall–Kier alpha value is -3.25. The second-order valence-electron chi connectivity index (χ2n) is 10.2. The van der Waals surface area contributed by atoms with Gasteiger partial charge in [-0.15, -0.1) is 0 Å². The van der Waals surface area contributed by atoms with Crippen LogP contribution in [0.2, 0.25) is 0 Å². The molecule has 38 heavy (non-hydrogen) atoms. The van der Waals surface area contributed by atoms with Gasteiger partial charge in [0, 0.05) is 30.9 Å². The zero-order valence-corrected chi connectivity index (χ0v) is 21.3. The van der Waals surface area contributed by atoms with E-state index in [4.69, 9.17) is 0 Å². The number of amides is 1. The Morgan fingerprint density at radius 2 is 1.79 bits per heavy atom. The van der Waals surface area contributed by atoms with Gasteiger partial charge in [0.15, 0.2) is 16.5 Å². The van der Waals surface area contributed by atoms with E-state index >= 15 is 0 Å². The fraction of sp³-hybridized carbons (Fsp3) is 0.462. The second-order valence-corrected chi connectivity index (χ2v) is 12.0. The minimum absolute atomic E-state index is 0.00933. The monoisotopic (exact) mass is 546 g/mol. The molecule has 3 aliphatic rings. The number of nitro benzene ring substituents is 1. The number of rotatable bonds is 6. The van der Waals surface area contributed by atoms with Gasteiger partial charge in [-0.3, -0.25) is 19.9 Å². The molecule has 2 N–H and O–H groups in total. The maximum Gasteiger partial charge on any atom is 0.289 e. The molecule has 1 saturated carbocycles. The highest BCUT2D eigenvalue weighted by Gasteiger charge is 2.37. The molecule has 5 rings (SSSR count). The number of nitrogens with zero attached hydrogens (tertiary/aromatic N) is 2. The van der Waals surface area contributed by atoms with E-state index < -0.39 is 32.3 Å². The number of carbonyl (C=O) groups is 1. The van der Waals surface area contributed by atoms with Crippen LogP contribution >= 0.6 is 0 Å². The second kappa shape index (κ2) is 10.5. The van der Waals surface area contributed by atoms with Gasteiger partial charge in [0.1, 0.15) is 5.84 Å². The van der Waals surface area contributed by atoms with E-state index in [1.165, 1.54) is 30.3 Å². The fourth-order valence-electron chi connectivity index (χ4n) is 5.84. The Labute approximate surface area is 218 Å². The first kappa shape index (κ1) is 26.4. The van der Waals surface area contributed by atoms with Gasteiger partial charge < -0.3 is 5.32 Å². The molecule has 0 bridgehead atoms. The van der Waals surface area contributed by atoms with Crippen molar-refractivity contribution >= 4 is 27.5 Å². The number of aryl methyl sites for hydroxylation is 1. The highest BCUT2D eigenvalue weighted by atomic mass is 32.2. The zero-order chi connectivity index (χ0) is 27.0. The van der Waals surface area contributed by atoms with E-state index in [1.807, 2.05) is 0 Å². The van der Waals surface area contributed by atoms with Crippen LogP contribution in [-0.2, 0) is 21.2 Å². The molecular weight excluding hydrogens is 518 g/mol.